The Balaban J connectivity index is 2.50. The van der Waals surface area contributed by atoms with E-state index in [1.54, 1.807) is 18.2 Å². The molecule has 2 N–H and O–H groups in total. The molecule has 0 saturated heterocycles. The van der Waals surface area contributed by atoms with Crippen molar-refractivity contribution >= 4 is 21.9 Å². The zero-order valence-electron chi connectivity index (χ0n) is 17.7. The van der Waals surface area contributed by atoms with E-state index < -0.39 is 0 Å². The zero-order valence-corrected chi connectivity index (χ0v) is 17.7. The van der Waals surface area contributed by atoms with E-state index in [0.29, 0.717) is 35.0 Å². The maximum atomic E-state index is 13.4. The molecule has 0 aliphatic heterocycles. The molecule has 0 atom stereocenters. The van der Waals surface area contributed by atoms with Gasteiger partial charge in [-0.1, -0.05) is 35.4 Å². The number of fused-ring (bicyclic) bond motifs is 2. The van der Waals surface area contributed by atoms with Crippen molar-refractivity contribution in [2.75, 3.05) is 0 Å². The molecule has 4 heteroatoms. The molecule has 0 bridgehead atoms. The maximum Gasteiger partial charge on any atom is 0.204 e. The highest BCUT2D eigenvalue weighted by atomic mass is 16.3. The van der Waals surface area contributed by atoms with Crippen LogP contribution in [0.1, 0.15) is 49.9 Å². The highest BCUT2D eigenvalue weighted by Gasteiger charge is 2.22. The molecule has 3 aromatic rings. The minimum atomic E-state index is -0.305. The summed E-state index contributed by atoms with van der Waals surface area (Å²) in [5, 5.41) is 21.3. The van der Waals surface area contributed by atoms with E-state index in [1.807, 2.05) is 40.7 Å². The minimum Gasteiger partial charge on any atom is -0.507 e. The van der Waals surface area contributed by atoms with Gasteiger partial charge in [0.1, 0.15) is 22.3 Å². The van der Waals surface area contributed by atoms with E-state index >= 15 is 0 Å². The first kappa shape index (κ1) is 20.9. The summed E-state index contributed by atoms with van der Waals surface area (Å²) in [6.45, 7) is 9.77. The molecule has 29 heavy (non-hydrogen) atoms. The van der Waals surface area contributed by atoms with Crippen LogP contribution in [0.15, 0.2) is 50.7 Å². The molecule has 0 aliphatic rings. The van der Waals surface area contributed by atoms with E-state index in [4.69, 9.17) is 4.42 Å². The van der Waals surface area contributed by atoms with Crippen LogP contribution in [0.25, 0.3) is 21.9 Å². The number of allylic oxidation sites excluding steroid dienone is 4. The van der Waals surface area contributed by atoms with Gasteiger partial charge in [-0.25, -0.2) is 0 Å². The van der Waals surface area contributed by atoms with Crippen molar-refractivity contribution in [2.45, 2.75) is 54.1 Å². The number of benzene rings is 2. The SMILES string of the molecule is CC(C)=CCc1c(C)c(CC=C(C)C)c2oc3cccc(CO)c3c(=O)c2c1O. The van der Waals surface area contributed by atoms with E-state index in [-0.39, 0.29) is 23.2 Å². The quantitative estimate of drug-likeness (QED) is 0.446. The second kappa shape index (κ2) is 8.26. The van der Waals surface area contributed by atoms with Crippen molar-refractivity contribution < 1.29 is 14.6 Å². The summed E-state index contributed by atoms with van der Waals surface area (Å²) in [4.78, 5) is 13.4. The van der Waals surface area contributed by atoms with Gasteiger partial charge in [-0.2, -0.15) is 0 Å². The molecule has 0 saturated carbocycles. The van der Waals surface area contributed by atoms with Crippen LogP contribution in [0.5, 0.6) is 5.75 Å². The number of hydrogen-bond donors (Lipinski definition) is 2. The van der Waals surface area contributed by atoms with Gasteiger partial charge in [-0.05, 0) is 64.7 Å². The smallest absolute Gasteiger partial charge is 0.204 e. The monoisotopic (exact) mass is 392 g/mol. The predicted octanol–water partition coefficient (Wildman–Crippen LogP) is 5.47. The van der Waals surface area contributed by atoms with Gasteiger partial charge in [0.05, 0.1) is 12.0 Å². The molecule has 0 radical (unpaired) electrons. The average Bonchev–Trinajstić information content (AvgIpc) is 2.66. The number of rotatable bonds is 5. The molecular formula is C25H28O4. The lowest BCUT2D eigenvalue weighted by Crippen LogP contribution is -2.09. The van der Waals surface area contributed by atoms with Crippen molar-refractivity contribution in [1.82, 2.24) is 0 Å². The van der Waals surface area contributed by atoms with Gasteiger partial charge in [0.2, 0.25) is 5.43 Å². The first-order valence-corrected chi connectivity index (χ1v) is 9.85. The van der Waals surface area contributed by atoms with Crippen LogP contribution in [-0.2, 0) is 19.4 Å². The Bertz CT molecular complexity index is 1200. The fourth-order valence-corrected chi connectivity index (χ4v) is 3.66. The van der Waals surface area contributed by atoms with E-state index in [0.717, 1.165) is 22.3 Å². The number of aromatic hydroxyl groups is 1. The Labute approximate surface area is 170 Å². The zero-order chi connectivity index (χ0) is 21.3. The Hall–Kier alpha value is -2.85. The molecule has 0 amide bonds. The molecule has 0 spiro atoms. The standard InChI is InChI=1S/C25H28O4/c1-14(2)9-11-18-16(5)19(12-10-15(3)4)25-22(23(18)27)24(28)21-17(13-26)7-6-8-20(21)29-25/h6-10,26-27H,11-13H2,1-5H3. The number of aliphatic hydroxyl groups excluding tert-OH is 1. The average molecular weight is 392 g/mol. The highest BCUT2D eigenvalue weighted by molar-refractivity contribution is 5.97. The molecule has 3 rings (SSSR count). The van der Waals surface area contributed by atoms with E-state index in [1.165, 1.54) is 5.57 Å². The molecule has 0 aliphatic carbocycles. The van der Waals surface area contributed by atoms with Crippen LogP contribution in [-0.4, -0.2) is 10.2 Å². The Morgan fingerprint density at radius 2 is 1.62 bits per heavy atom. The molecule has 0 fully saturated rings. The normalized spacial score (nSPS) is 11.1. The number of hydrogen-bond acceptors (Lipinski definition) is 4. The highest BCUT2D eigenvalue weighted by Crippen LogP contribution is 2.37. The van der Waals surface area contributed by atoms with Crippen LogP contribution in [0.3, 0.4) is 0 Å². The molecule has 152 valence electrons. The molecule has 4 nitrogen and oxygen atoms in total. The molecule has 0 unspecified atom stereocenters. The van der Waals surface area contributed by atoms with Crippen molar-refractivity contribution in [2.24, 2.45) is 0 Å². The van der Waals surface area contributed by atoms with Crippen LogP contribution < -0.4 is 5.43 Å². The largest absolute Gasteiger partial charge is 0.507 e. The van der Waals surface area contributed by atoms with Crippen LogP contribution >= 0.6 is 0 Å². The fourth-order valence-electron chi connectivity index (χ4n) is 3.66. The first-order chi connectivity index (χ1) is 13.8. The minimum absolute atomic E-state index is 0.0284. The molecule has 1 heterocycles. The van der Waals surface area contributed by atoms with Crippen molar-refractivity contribution in [3.8, 4) is 5.75 Å². The Morgan fingerprint density at radius 1 is 1.00 bits per heavy atom. The maximum absolute atomic E-state index is 13.4. The third-order valence-corrected chi connectivity index (χ3v) is 5.31. The summed E-state index contributed by atoms with van der Waals surface area (Å²) in [6.07, 6.45) is 5.29. The number of aliphatic hydroxyl groups is 1. The molecular weight excluding hydrogens is 364 g/mol. The third-order valence-electron chi connectivity index (χ3n) is 5.31. The van der Waals surface area contributed by atoms with Crippen LogP contribution in [0.4, 0.5) is 0 Å². The van der Waals surface area contributed by atoms with Gasteiger partial charge in [-0.3, -0.25) is 4.79 Å². The van der Waals surface area contributed by atoms with E-state index in [2.05, 4.69) is 6.08 Å². The third kappa shape index (κ3) is 3.85. The first-order valence-electron chi connectivity index (χ1n) is 9.85. The predicted molar refractivity (Wildman–Crippen MR) is 119 cm³/mol. The van der Waals surface area contributed by atoms with Gasteiger partial charge >= 0.3 is 0 Å². The van der Waals surface area contributed by atoms with Crippen LogP contribution in [0.2, 0.25) is 0 Å². The second-order valence-corrected chi connectivity index (χ2v) is 7.99. The van der Waals surface area contributed by atoms with E-state index in [9.17, 15) is 15.0 Å². The second-order valence-electron chi connectivity index (χ2n) is 7.99. The topological polar surface area (TPSA) is 70.7 Å². The molecule has 1 aromatic heterocycles. The molecule has 2 aromatic carbocycles. The van der Waals surface area contributed by atoms with Crippen LogP contribution in [0, 0.1) is 6.92 Å². The number of phenols is 1. The summed E-state index contributed by atoms with van der Waals surface area (Å²) in [7, 11) is 0. The summed E-state index contributed by atoms with van der Waals surface area (Å²) >= 11 is 0. The lowest BCUT2D eigenvalue weighted by Gasteiger charge is -2.16. The van der Waals surface area contributed by atoms with Gasteiger partial charge < -0.3 is 14.6 Å². The van der Waals surface area contributed by atoms with Crippen molar-refractivity contribution in [1.29, 1.82) is 0 Å². The Kier molecular flexibility index (Phi) is 5.94. The summed E-state index contributed by atoms with van der Waals surface area (Å²) < 4.78 is 6.16. The van der Waals surface area contributed by atoms with Crippen molar-refractivity contribution in [3.05, 3.63) is 74.0 Å². The van der Waals surface area contributed by atoms with Gasteiger partial charge in [-0.15, -0.1) is 0 Å². The summed E-state index contributed by atoms with van der Waals surface area (Å²) in [5.74, 6) is -0.0284. The van der Waals surface area contributed by atoms with Crippen molar-refractivity contribution in [3.63, 3.8) is 0 Å². The van der Waals surface area contributed by atoms with Gasteiger partial charge in [0, 0.05) is 11.1 Å². The summed E-state index contributed by atoms with van der Waals surface area (Å²) in [6, 6.07) is 5.18. The fraction of sp³-hybridized carbons (Fsp3) is 0.320. The summed E-state index contributed by atoms with van der Waals surface area (Å²) in [5.41, 5.74) is 5.92. The Morgan fingerprint density at radius 3 is 2.21 bits per heavy atom. The number of phenolic OH excluding ortho intramolecular Hbond substituents is 1. The van der Waals surface area contributed by atoms with Gasteiger partial charge in [0.15, 0.2) is 0 Å². The van der Waals surface area contributed by atoms with Gasteiger partial charge in [0.25, 0.3) is 0 Å². The lowest BCUT2D eigenvalue weighted by molar-refractivity contribution is 0.283. The lowest BCUT2D eigenvalue weighted by atomic mass is 9.92.